The van der Waals surface area contributed by atoms with Crippen LogP contribution in [0.3, 0.4) is 0 Å². The Labute approximate surface area is 125 Å². The molecule has 0 unspecified atom stereocenters. The van der Waals surface area contributed by atoms with Crippen LogP contribution in [0.25, 0.3) is 0 Å². The van der Waals surface area contributed by atoms with Gasteiger partial charge in [0.1, 0.15) is 11.3 Å². The first-order chi connectivity index (χ1) is 9.99. The summed E-state index contributed by atoms with van der Waals surface area (Å²) in [7, 11) is 0. The summed E-state index contributed by atoms with van der Waals surface area (Å²) < 4.78 is 10.3. The Morgan fingerprint density at radius 1 is 1.38 bits per heavy atom. The van der Waals surface area contributed by atoms with Crippen molar-refractivity contribution >= 4 is 11.9 Å². The topological polar surface area (TPSA) is 68.5 Å². The molecule has 1 heterocycles. The standard InChI is InChI=1S/C16H23NO4/c1-10-6-4-5-7-14(10)17-15(18)12(3)21-16(19)13-8-9-20-11(13)2/h8-10,12,14H,4-7H2,1-3H3,(H,17,18)/t10-,12+,14-/m0/s1. The molecule has 1 amide bonds. The molecule has 0 bridgehead atoms. The van der Waals surface area contributed by atoms with E-state index in [-0.39, 0.29) is 11.9 Å². The molecule has 5 heteroatoms. The minimum absolute atomic E-state index is 0.183. The van der Waals surface area contributed by atoms with E-state index in [9.17, 15) is 9.59 Å². The molecule has 1 N–H and O–H groups in total. The fraction of sp³-hybridized carbons (Fsp3) is 0.625. The molecule has 0 radical (unpaired) electrons. The summed E-state index contributed by atoms with van der Waals surface area (Å²) >= 11 is 0. The first kappa shape index (κ1) is 15.6. The number of rotatable bonds is 4. The highest BCUT2D eigenvalue weighted by Gasteiger charge is 2.27. The number of hydrogen-bond donors (Lipinski definition) is 1. The van der Waals surface area contributed by atoms with Crippen molar-refractivity contribution in [3.8, 4) is 0 Å². The van der Waals surface area contributed by atoms with Crippen LogP contribution >= 0.6 is 0 Å². The largest absolute Gasteiger partial charge is 0.469 e. The highest BCUT2D eigenvalue weighted by Crippen LogP contribution is 2.23. The Morgan fingerprint density at radius 3 is 2.71 bits per heavy atom. The zero-order chi connectivity index (χ0) is 15.4. The second-order valence-electron chi connectivity index (χ2n) is 5.81. The van der Waals surface area contributed by atoms with E-state index in [1.807, 2.05) is 0 Å². The minimum atomic E-state index is -0.805. The number of carbonyl (C=O) groups is 2. The van der Waals surface area contributed by atoms with Gasteiger partial charge in [0.15, 0.2) is 6.10 Å². The Morgan fingerprint density at radius 2 is 2.10 bits per heavy atom. The molecule has 1 aromatic rings. The highest BCUT2D eigenvalue weighted by molar-refractivity contribution is 5.92. The summed E-state index contributed by atoms with van der Waals surface area (Å²) in [5, 5.41) is 2.99. The van der Waals surface area contributed by atoms with Gasteiger partial charge in [-0.15, -0.1) is 0 Å². The summed E-state index contributed by atoms with van der Waals surface area (Å²) in [5.74, 6) is 0.207. The number of amides is 1. The van der Waals surface area contributed by atoms with Crippen molar-refractivity contribution in [3.63, 3.8) is 0 Å². The summed E-state index contributed by atoms with van der Waals surface area (Å²) in [6.45, 7) is 5.43. The third-order valence-electron chi connectivity index (χ3n) is 4.17. The Balaban J connectivity index is 1.87. The predicted octanol–water partition coefficient (Wildman–Crippen LogP) is 2.83. The molecule has 21 heavy (non-hydrogen) atoms. The second-order valence-corrected chi connectivity index (χ2v) is 5.81. The van der Waals surface area contributed by atoms with Gasteiger partial charge in [-0.05, 0) is 38.7 Å². The summed E-state index contributed by atoms with van der Waals surface area (Å²) in [4.78, 5) is 24.1. The minimum Gasteiger partial charge on any atom is -0.469 e. The van der Waals surface area contributed by atoms with E-state index >= 15 is 0 Å². The van der Waals surface area contributed by atoms with Crippen LogP contribution in [-0.4, -0.2) is 24.0 Å². The van der Waals surface area contributed by atoms with E-state index in [1.165, 1.54) is 12.7 Å². The van der Waals surface area contributed by atoms with E-state index in [4.69, 9.17) is 9.15 Å². The first-order valence-electron chi connectivity index (χ1n) is 7.54. The van der Waals surface area contributed by atoms with Gasteiger partial charge in [0.25, 0.3) is 5.91 Å². The molecule has 0 spiro atoms. The molecular weight excluding hydrogens is 270 g/mol. The monoisotopic (exact) mass is 293 g/mol. The van der Waals surface area contributed by atoms with Crippen LogP contribution in [0.4, 0.5) is 0 Å². The predicted molar refractivity (Wildman–Crippen MR) is 77.9 cm³/mol. The zero-order valence-electron chi connectivity index (χ0n) is 12.8. The van der Waals surface area contributed by atoms with E-state index in [1.54, 1.807) is 19.9 Å². The molecule has 1 aliphatic carbocycles. The van der Waals surface area contributed by atoms with Crippen LogP contribution in [0.15, 0.2) is 16.7 Å². The van der Waals surface area contributed by atoms with E-state index < -0.39 is 12.1 Å². The maximum absolute atomic E-state index is 12.1. The molecule has 2 rings (SSSR count). The van der Waals surface area contributed by atoms with Crippen LogP contribution in [0.1, 0.15) is 55.6 Å². The lowest BCUT2D eigenvalue weighted by molar-refractivity contribution is -0.130. The summed E-state index contributed by atoms with van der Waals surface area (Å²) in [6, 6.07) is 1.73. The first-order valence-corrected chi connectivity index (χ1v) is 7.54. The van der Waals surface area contributed by atoms with Crippen molar-refractivity contribution in [3.05, 3.63) is 23.7 Å². The van der Waals surface area contributed by atoms with Gasteiger partial charge >= 0.3 is 5.97 Å². The van der Waals surface area contributed by atoms with Gasteiger partial charge in [-0.25, -0.2) is 4.79 Å². The van der Waals surface area contributed by atoms with E-state index in [0.717, 1.165) is 19.3 Å². The number of nitrogens with one attached hydrogen (secondary N) is 1. The summed E-state index contributed by atoms with van der Waals surface area (Å²) in [5.41, 5.74) is 0.362. The van der Waals surface area contributed by atoms with Crippen molar-refractivity contribution in [2.75, 3.05) is 0 Å². The molecule has 0 aromatic carbocycles. The number of ether oxygens (including phenoxy) is 1. The lowest BCUT2D eigenvalue weighted by Crippen LogP contribution is -2.46. The van der Waals surface area contributed by atoms with Crippen LogP contribution in [0.2, 0.25) is 0 Å². The third kappa shape index (κ3) is 3.86. The maximum Gasteiger partial charge on any atom is 0.342 e. The molecular formula is C16H23NO4. The number of esters is 1. The Kier molecular flexibility index (Phi) is 5.04. The molecule has 1 aromatic heterocycles. The number of aryl methyl sites for hydroxylation is 1. The van der Waals surface area contributed by atoms with Crippen LogP contribution in [0, 0.1) is 12.8 Å². The van der Waals surface area contributed by atoms with Crippen LogP contribution in [0.5, 0.6) is 0 Å². The van der Waals surface area contributed by atoms with Crippen molar-refractivity contribution in [2.24, 2.45) is 5.92 Å². The average molecular weight is 293 g/mol. The van der Waals surface area contributed by atoms with Gasteiger partial charge in [-0.3, -0.25) is 4.79 Å². The van der Waals surface area contributed by atoms with Gasteiger partial charge in [0, 0.05) is 6.04 Å². The van der Waals surface area contributed by atoms with Gasteiger partial charge < -0.3 is 14.5 Å². The van der Waals surface area contributed by atoms with Crippen molar-refractivity contribution in [1.29, 1.82) is 0 Å². The summed E-state index contributed by atoms with van der Waals surface area (Å²) in [6.07, 6.45) is 5.11. The lowest BCUT2D eigenvalue weighted by atomic mass is 9.86. The van der Waals surface area contributed by atoms with E-state index in [2.05, 4.69) is 12.2 Å². The maximum atomic E-state index is 12.1. The molecule has 1 fully saturated rings. The molecule has 0 aliphatic heterocycles. The smallest absolute Gasteiger partial charge is 0.342 e. The zero-order valence-corrected chi connectivity index (χ0v) is 12.8. The molecule has 116 valence electrons. The van der Waals surface area contributed by atoms with E-state index in [0.29, 0.717) is 17.2 Å². The van der Waals surface area contributed by atoms with Crippen molar-refractivity contribution in [1.82, 2.24) is 5.32 Å². The number of furan rings is 1. The molecule has 5 nitrogen and oxygen atoms in total. The van der Waals surface area contributed by atoms with Gasteiger partial charge in [-0.2, -0.15) is 0 Å². The SMILES string of the molecule is Cc1occc1C(=O)O[C@H](C)C(=O)N[C@H]1CCCC[C@@H]1C. The van der Waals surface area contributed by atoms with Crippen molar-refractivity contribution in [2.45, 2.75) is 58.6 Å². The average Bonchev–Trinajstić information content (AvgIpc) is 2.87. The van der Waals surface area contributed by atoms with Crippen molar-refractivity contribution < 1.29 is 18.7 Å². The van der Waals surface area contributed by atoms with Gasteiger partial charge in [0.05, 0.1) is 6.26 Å². The fourth-order valence-corrected chi connectivity index (χ4v) is 2.71. The quantitative estimate of drug-likeness (QED) is 0.867. The highest BCUT2D eigenvalue weighted by atomic mass is 16.5. The fourth-order valence-electron chi connectivity index (χ4n) is 2.71. The van der Waals surface area contributed by atoms with Crippen LogP contribution < -0.4 is 5.32 Å². The molecule has 1 aliphatic rings. The number of hydrogen-bond acceptors (Lipinski definition) is 4. The van der Waals surface area contributed by atoms with Gasteiger partial charge in [-0.1, -0.05) is 19.8 Å². The second kappa shape index (κ2) is 6.78. The third-order valence-corrected chi connectivity index (χ3v) is 4.17. The van der Waals surface area contributed by atoms with Gasteiger partial charge in [0.2, 0.25) is 0 Å². The molecule has 3 atom stereocenters. The lowest BCUT2D eigenvalue weighted by Gasteiger charge is -2.30. The number of carbonyl (C=O) groups excluding carboxylic acids is 2. The van der Waals surface area contributed by atoms with Crippen LogP contribution in [-0.2, 0) is 9.53 Å². The molecule has 1 saturated carbocycles. The molecule has 0 saturated heterocycles. The normalized spacial score (nSPS) is 23.4. The Hall–Kier alpha value is -1.78. The Bertz CT molecular complexity index is 508.